The highest BCUT2D eigenvalue weighted by Crippen LogP contribution is 2.38. The van der Waals surface area contributed by atoms with E-state index in [1.165, 1.54) is 0 Å². The van der Waals surface area contributed by atoms with E-state index in [1.807, 2.05) is 127 Å². The topological polar surface area (TPSA) is 66.4 Å². The van der Waals surface area contributed by atoms with Crippen LogP contribution in [0.4, 0.5) is 0 Å². The second kappa shape index (κ2) is 18.0. The molecule has 0 radical (unpaired) electrons. The third-order valence-electron chi connectivity index (χ3n) is 8.51. The van der Waals surface area contributed by atoms with Gasteiger partial charge in [0.05, 0.1) is 33.0 Å². The van der Waals surface area contributed by atoms with E-state index in [2.05, 4.69) is 15.9 Å². The van der Waals surface area contributed by atoms with Gasteiger partial charge in [-0.2, -0.15) is 0 Å². The Morgan fingerprint density at radius 1 is 0.592 bits per heavy atom. The molecule has 49 heavy (non-hydrogen) atoms. The fourth-order valence-corrected chi connectivity index (χ4v) is 6.78. The van der Waals surface area contributed by atoms with E-state index in [9.17, 15) is 5.11 Å². The van der Waals surface area contributed by atoms with Crippen molar-refractivity contribution in [2.45, 2.75) is 63.1 Å². The number of aliphatic hydroxyl groups is 1. The van der Waals surface area contributed by atoms with Crippen LogP contribution in [0.5, 0.6) is 0 Å². The molecule has 1 aliphatic heterocycles. The predicted octanol–water partition coefficient (Wildman–Crippen LogP) is 8.88. The molecular weight excluding hydrogens is 704 g/mol. The van der Waals surface area contributed by atoms with E-state index >= 15 is 0 Å². The summed E-state index contributed by atoms with van der Waals surface area (Å²) in [5.74, 6) is 0. The molecule has 1 N–H and O–H groups in total. The zero-order valence-electron chi connectivity index (χ0n) is 27.0. The lowest BCUT2D eigenvalue weighted by atomic mass is 9.89. The molecule has 6 atom stereocenters. The Morgan fingerprint density at radius 2 is 1.04 bits per heavy atom. The predicted molar refractivity (Wildman–Crippen MR) is 194 cm³/mol. The highest BCUT2D eigenvalue weighted by molar-refractivity contribution is 9.10. The van der Waals surface area contributed by atoms with Gasteiger partial charge in [0, 0.05) is 15.1 Å². The molecule has 1 heterocycles. The average molecular weight is 744 g/mol. The lowest BCUT2D eigenvalue weighted by molar-refractivity contribution is -0.287. The van der Waals surface area contributed by atoms with Gasteiger partial charge in [0.2, 0.25) is 0 Å². The Kier molecular flexibility index (Phi) is 13.1. The number of ether oxygens (including phenoxy) is 5. The summed E-state index contributed by atoms with van der Waals surface area (Å²) >= 11 is 10.2. The van der Waals surface area contributed by atoms with E-state index < -0.39 is 36.6 Å². The standard InChI is InChI=1S/C41H40BrClO6/c42-33-21-22-34(35(43)23-33)37(44)39-41(48-27-32-19-11-4-12-20-32)40(47-26-31-17-9-3-10-18-31)38(46-25-30-15-7-2-8-16-30)36(49-39)28-45-24-29-13-5-1-6-14-29/h1-23,36-41,44H,24-28H2/t36-,37+,38-,39-,40+,41-/m1/s1. The van der Waals surface area contributed by atoms with Crippen LogP contribution in [0.2, 0.25) is 5.02 Å². The summed E-state index contributed by atoms with van der Waals surface area (Å²) in [4.78, 5) is 0. The van der Waals surface area contributed by atoms with E-state index in [0.29, 0.717) is 30.4 Å². The van der Waals surface area contributed by atoms with Crippen molar-refractivity contribution in [1.29, 1.82) is 0 Å². The quantitative estimate of drug-likeness (QED) is 0.116. The van der Waals surface area contributed by atoms with Gasteiger partial charge in [-0.3, -0.25) is 0 Å². The summed E-state index contributed by atoms with van der Waals surface area (Å²) in [6.07, 6.45) is -4.63. The van der Waals surface area contributed by atoms with Gasteiger partial charge < -0.3 is 28.8 Å². The van der Waals surface area contributed by atoms with Gasteiger partial charge in [0.1, 0.15) is 36.6 Å². The van der Waals surface area contributed by atoms with E-state index in [1.54, 1.807) is 12.1 Å². The molecule has 0 bridgehead atoms. The number of benzene rings is 5. The molecule has 0 aliphatic carbocycles. The first-order chi connectivity index (χ1) is 24.0. The molecule has 0 saturated carbocycles. The number of hydrogen-bond donors (Lipinski definition) is 1. The fraction of sp³-hybridized carbons (Fsp3) is 0.268. The molecule has 1 saturated heterocycles. The molecule has 6 nitrogen and oxygen atoms in total. The minimum Gasteiger partial charge on any atom is -0.386 e. The fourth-order valence-electron chi connectivity index (χ4n) is 6.00. The lowest BCUT2D eigenvalue weighted by Crippen LogP contribution is -2.62. The Labute approximate surface area is 301 Å². The van der Waals surface area contributed by atoms with Crippen LogP contribution in [0.15, 0.2) is 144 Å². The van der Waals surface area contributed by atoms with Gasteiger partial charge in [-0.05, 0) is 34.4 Å². The molecule has 1 fully saturated rings. The Morgan fingerprint density at radius 3 is 1.53 bits per heavy atom. The van der Waals surface area contributed by atoms with Crippen LogP contribution in [0.3, 0.4) is 0 Å². The molecular formula is C41H40BrClO6. The summed E-state index contributed by atoms with van der Waals surface area (Å²) in [5, 5.41) is 12.5. The first-order valence-electron chi connectivity index (χ1n) is 16.4. The van der Waals surface area contributed by atoms with Crippen molar-refractivity contribution in [2.24, 2.45) is 0 Å². The van der Waals surface area contributed by atoms with Crippen LogP contribution >= 0.6 is 27.5 Å². The second-order valence-electron chi connectivity index (χ2n) is 12.0. The molecule has 0 aromatic heterocycles. The first kappa shape index (κ1) is 35.5. The largest absolute Gasteiger partial charge is 0.386 e. The number of rotatable bonds is 15. The lowest BCUT2D eigenvalue weighted by Gasteiger charge is -2.47. The minimum absolute atomic E-state index is 0.197. The average Bonchev–Trinajstić information content (AvgIpc) is 3.14. The second-order valence-corrected chi connectivity index (χ2v) is 13.4. The van der Waals surface area contributed by atoms with Crippen LogP contribution in [0, 0.1) is 0 Å². The zero-order valence-corrected chi connectivity index (χ0v) is 29.4. The van der Waals surface area contributed by atoms with Gasteiger partial charge >= 0.3 is 0 Å². The van der Waals surface area contributed by atoms with Crippen molar-refractivity contribution in [1.82, 2.24) is 0 Å². The van der Waals surface area contributed by atoms with Crippen LogP contribution in [-0.2, 0) is 50.1 Å². The summed E-state index contributed by atoms with van der Waals surface area (Å²) in [7, 11) is 0. The maximum atomic E-state index is 12.1. The van der Waals surface area contributed by atoms with Crippen LogP contribution in [0.25, 0.3) is 0 Å². The Balaban J connectivity index is 1.36. The van der Waals surface area contributed by atoms with E-state index in [4.69, 9.17) is 35.3 Å². The van der Waals surface area contributed by atoms with Gasteiger partial charge in [-0.15, -0.1) is 0 Å². The molecule has 8 heteroatoms. The molecule has 1 aliphatic rings. The SMILES string of the molecule is O[C@@H](c1ccc(Br)cc1Cl)[C@H]1O[C@H](COCc2ccccc2)[C@@H](OCc2ccccc2)[C@H](OCc2ccccc2)[C@@H]1OCc1ccccc1. The van der Waals surface area contributed by atoms with Crippen molar-refractivity contribution >= 4 is 27.5 Å². The summed E-state index contributed by atoms with van der Waals surface area (Å²) in [6, 6.07) is 45.3. The van der Waals surface area contributed by atoms with E-state index in [0.717, 1.165) is 26.7 Å². The summed E-state index contributed by atoms with van der Waals surface area (Å²) in [5.41, 5.74) is 4.56. The van der Waals surface area contributed by atoms with E-state index in [-0.39, 0.29) is 13.2 Å². The van der Waals surface area contributed by atoms with Crippen LogP contribution < -0.4 is 0 Å². The van der Waals surface area contributed by atoms with Gasteiger partial charge in [0.25, 0.3) is 0 Å². The Hall–Kier alpha value is -3.37. The smallest absolute Gasteiger partial charge is 0.117 e. The number of hydrogen-bond acceptors (Lipinski definition) is 6. The molecule has 6 rings (SSSR count). The van der Waals surface area contributed by atoms with Crippen molar-refractivity contribution in [2.75, 3.05) is 6.61 Å². The van der Waals surface area contributed by atoms with Crippen LogP contribution in [0.1, 0.15) is 33.9 Å². The molecule has 5 aromatic carbocycles. The maximum Gasteiger partial charge on any atom is 0.117 e. The third-order valence-corrected chi connectivity index (χ3v) is 9.33. The maximum absolute atomic E-state index is 12.1. The molecule has 254 valence electrons. The highest BCUT2D eigenvalue weighted by Gasteiger charge is 2.51. The first-order valence-corrected chi connectivity index (χ1v) is 17.6. The van der Waals surface area contributed by atoms with Gasteiger partial charge in [0.15, 0.2) is 0 Å². The highest BCUT2D eigenvalue weighted by atomic mass is 79.9. The van der Waals surface area contributed by atoms with Gasteiger partial charge in [-0.1, -0.05) is 155 Å². The van der Waals surface area contributed by atoms with Crippen LogP contribution in [-0.4, -0.2) is 42.2 Å². The molecule has 0 spiro atoms. The summed E-state index contributed by atoms with van der Waals surface area (Å²) in [6.45, 7) is 1.50. The minimum atomic E-state index is -1.14. The third kappa shape index (κ3) is 9.87. The number of halogens is 2. The molecule has 5 aromatic rings. The van der Waals surface area contributed by atoms with Crippen molar-refractivity contribution in [3.63, 3.8) is 0 Å². The summed E-state index contributed by atoms with van der Waals surface area (Å²) < 4.78 is 34.1. The normalized spacial score (nSPS) is 21.3. The Bertz CT molecular complexity index is 1700. The molecule has 0 unspecified atom stereocenters. The van der Waals surface area contributed by atoms with Gasteiger partial charge in [-0.25, -0.2) is 0 Å². The van der Waals surface area contributed by atoms with Crippen molar-refractivity contribution in [3.8, 4) is 0 Å². The number of aliphatic hydroxyl groups excluding tert-OH is 1. The monoisotopic (exact) mass is 742 g/mol. The zero-order chi connectivity index (χ0) is 33.8. The van der Waals surface area contributed by atoms with Crippen molar-refractivity contribution < 1.29 is 28.8 Å². The van der Waals surface area contributed by atoms with Crippen molar-refractivity contribution in [3.05, 3.63) is 177 Å². The molecule has 0 amide bonds.